The Morgan fingerprint density at radius 2 is 1.33 bits per heavy atom. The van der Waals surface area contributed by atoms with Gasteiger partial charge in [-0.05, 0) is 6.42 Å². The zero-order valence-electron chi connectivity index (χ0n) is 6.20. The van der Waals surface area contributed by atoms with Gasteiger partial charge < -0.3 is 0 Å². The highest BCUT2D eigenvalue weighted by Crippen LogP contribution is 2.15. The molecule has 0 nitrogen and oxygen atoms in total. The lowest BCUT2D eigenvalue weighted by Gasteiger charge is -1.67. The summed E-state index contributed by atoms with van der Waals surface area (Å²) >= 11 is 0. The average Bonchev–Trinajstić information content (AvgIpc) is 2.43. The van der Waals surface area contributed by atoms with E-state index in [2.05, 4.69) is 0 Å². The maximum absolute atomic E-state index is 10.6. The van der Waals surface area contributed by atoms with Crippen LogP contribution in [0.1, 0.15) is 45.4 Å². The molecule has 0 amide bonds. The Morgan fingerprint density at radius 1 is 1.11 bits per heavy atom. The van der Waals surface area contributed by atoms with Gasteiger partial charge in [-0.2, -0.15) is 0 Å². The van der Waals surface area contributed by atoms with Crippen molar-refractivity contribution < 1.29 is 4.39 Å². The van der Waals surface area contributed by atoms with Crippen molar-refractivity contribution in [1.82, 2.24) is 0 Å². The predicted octanol–water partition coefficient (Wildman–Crippen LogP) is 3.48. The molecule has 55 valence electrons. The third-order valence-electron chi connectivity index (χ3n) is 1.40. The monoisotopic (exact) mass is 131 g/mol. The molecule has 1 aliphatic rings. The fraction of sp³-hybridized carbons (Fsp3) is 0.875. The van der Waals surface area contributed by atoms with Crippen LogP contribution < -0.4 is 0 Å². The van der Waals surface area contributed by atoms with Crippen molar-refractivity contribution >= 4 is 0 Å². The Kier molecular flexibility index (Phi) is 7.87. The van der Waals surface area contributed by atoms with E-state index in [4.69, 9.17) is 0 Å². The van der Waals surface area contributed by atoms with Gasteiger partial charge in [0.25, 0.3) is 0 Å². The van der Waals surface area contributed by atoms with Gasteiger partial charge in [0.05, 0.1) is 0 Å². The Bertz CT molecular complexity index is 30.2. The molecule has 0 aromatic rings. The summed E-state index contributed by atoms with van der Waals surface area (Å²) in [7, 11) is 0. The second-order valence-corrected chi connectivity index (χ2v) is 2.33. The lowest BCUT2D eigenvalue weighted by Crippen LogP contribution is -1.47. The van der Waals surface area contributed by atoms with Crippen LogP contribution >= 0.6 is 0 Å². The fourth-order valence-electron chi connectivity index (χ4n) is 0.884. The van der Waals surface area contributed by atoms with E-state index in [9.17, 15) is 4.39 Å². The highest BCUT2D eigenvalue weighted by Gasteiger charge is 1.95. The molecule has 0 N–H and O–H groups in total. The summed E-state index contributed by atoms with van der Waals surface area (Å²) in [6.07, 6.45) is 8.03. The van der Waals surface area contributed by atoms with Gasteiger partial charge in [0.15, 0.2) is 0 Å². The largest absolute Gasteiger partial charge is 0.244 e. The molecule has 0 aromatic heterocycles. The smallest absolute Gasteiger partial charge is 0.131 e. The van der Waals surface area contributed by atoms with Gasteiger partial charge in [-0.15, -0.1) is 0 Å². The van der Waals surface area contributed by atoms with E-state index >= 15 is 0 Å². The molecule has 9 heavy (non-hydrogen) atoms. The molecule has 0 unspecified atom stereocenters. The second-order valence-electron chi connectivity index (χ2n) is 2.33. The normalized spacial score (nSPS) is 16.7. The van der Waals surface area contributed by atoms with E-state index < -0.39 is 0 Å². The molecule has 0 aliphatic heterocycles. The van der Waals surface area contributed by atoms with E-state index in [1.54, 1.807) is 6.92 Å². The molecule has 1 fully saturated rings. The molecule has 0 bridgehead atoms. The molecule has 1 rings (SSSR count). The number of rotatable bonds is 1. The van der Waals surface area contributed by atoms with Gasteiger partial charge in [0.1, 0.15) is 6.67 Å². The zero-order valence-corrected chi connectivity index (χ0v) is 6.20. The molecule has 1 aliphatic carbocycles. The summed E-state index contributed by atoms with van der Waals surface area (Å²) in [6, 6.07) is 0. The summed E-state index contributed by atoms with van der Waals surface area (Å²) in [5.74, 6) is 0. The first-order valence-electron chi connectivity index (χ1n) is 3.83. The second kappa shape index (κ2) is 7.93. The minimum Gasteiger partial charge on any atom is -0.244 e. The average molecular weight is 131 g/mol. The fourth-order valence-corrected chi connectivity index (χ4v) is 0.884. The van der Waals surface area contributed by atoms with E-state index in [1.165, 1.54) is 32.1 Å². The Balaban J connectivity index is 0.000000148. The molecule has 0 heterocycles. The van der Waals surface area contributed by atoms with Crippen LogP contribution in [-0.2, 0) is 0 Å². The molecule has 1 heteroatoms. The van der Waals surface area contributed by atoms with E-state index in [-0.39, 0.29) is 0 Å². The van der Waals surface area contributed by atoms with Crippen LogP contribution in [0.5, 0.6) is 0 Å². The molecule has 0 saturated heterocycles. The molecule has 1 radical (unpaired) electrons. The summed E-state index contributed by atoms with van der Waals surface area (Å²) in [4.78, 5) is 0. The van der Waals surface area contributed by atoms with Gasteiger partial charge in [0, 0.05) is 0 Å². The number of hydrogen-bond donors (Lipinski definition) is 0. The SMILES string of the molecule is C1CCCC1.CC[CH]F. The number of hydrogen-bond acceptors (Lipinski definition) is 0. The Labute approximate surface area is 57.5 Å². The molecule has 0 aromatic carbocycles. The first-order valence-corrected chi connectivity index (χ1v) is 3.83. The Hall–Kier alpha value is -0.0700. The van der Waals surface area contributed by atoms with E-state index in [0.29, 0.717) is 13.1 Å². The molecule has 0 atom stereocenters. The van der Waals surface area contributed by atoms with Gasteiger partial charge in [0.2, 0.25) is 0 Å². The third kappa shape index (κ3) is 7.93. The molecule has 1 saturated carbocycles. The highest BCUT2D eigenvalue weighted by atomic mass is 19.1. The van der Waals surface area contributed by atoms with Gasteiger partial charge in [-0.3, -0.25) is 0 Å². The van der Waals surface area contributed by atoms with Gasteiger partial charge >= 0.3 is 0 Å². The van der Waals surface area contributed by atoms with Crippen LogP contribution in [0.3, 0.4) is 0 Å². The van der Waals surface area contributed by atoms with Crippen LogP contribution in [0.15, 0.2) is 0 Å². The van der Waals surface area contributed by atoms with Crippen LogP contribution in [-0.4, -0.2) is 0 Å². The van der Waals surface area contributed by atoms with Crippen LogP contribution in [0.25, 0.3) is 0 Å². The van der Waals surface area contributed by atoms with Crippen molar-refractivity contribution in [2.24, 2.45) is 0 Å². The highest BCUT2D eigenvalue weighted by molar-refractivity contribution is 4.51. The van der Waals surface area contributed by atoms with Crippen LogP contribution in [0, 0.1) is 6.67 Å². The van der Waals surface area contributed by atoms with Crippen molar-refractivity contribution in [3.05, 3.63) is 6.67 Å². The Morgan fingerprint density at radius 3 is 1.44 bits per heavy atom. The van der Waals surface area contributed by atoms with E-state index in [0.717, 1.165) is 0 Å². The van der Waals surface area contributed by atoms with Gasteiger partial charge in [-0.1, -0.05) is 39.0 Å². The van der Waals surface area contributed by atoms with Crippen LogP contribution in [0.4, 0.5) is 4.39 Å². The predicted molar refractivity (Wildman–Crippen MR) is 38.8 cm³/mol. The minimum absolute atomic E-state index is 0.528. The van der Waals surface area contributed by atoms with Crippen LogP contribution in [0.2, 0.25) is 0 Å². The molecule has 0 spiro atoms. The summed E-state index contributed by atoms with van der Waals surface area (Å²) in [5, 5.41) is 0. The van der Waals surface area contributed by atoms with Crippen molar-refractivity contribution in [3.63, 3.8) is 0 Å². The first-order chi connectivity index (χ1) is 4.41. The standard InChI is InChI=1S/C5H10.C3H6F/c1-2-4-5-3-1;1-2-3-4/h1-5H2;3H,2H2,1H3. The quantitative estimate of drug-likeness (QED) is 0.511. The topological polar surface area (TPSA) is 0 Å². The summed E-state index contributed by atoms with van der Waals surface area (Å²) in [5.41, 5.74) is 0. The minimum atomic E-state index is 0.528. The first kappa shape index (κ1) is 8.93. The zero-order chi connectivity index (χ0) is 6.95. The molecular weight excluding hydrogens is 115 g/mol. The number of halogens is 1. The molecular formula is C8H16F. The van der Waals surface area contributed by atoms with Crippen molar-refractivity contribution in [2.75, 3.05) is 0 Å². The lowest BCUT2D eigenvalue weighted by atomic mass is 10.4. The van der Waals surface area contributed by atoms with Crippen molar-refractivity contribution in [2.45, 2.75) is 45.4 Å². The third-order valence-corrected chi connectivity index (χ3v) is 1.40. The maximum Gasteiger partial charge on any atom is 0.131 e. The van der Waals surface area contributed by atoms with E-state index in [1.807, 2.05) is 0 Å². The van der Waals surface area contributed by atoms with Gasteiger partial charge in [-0.25, -0.2) is 4.39 Å². The lowest BCUT2D eigenvalue weighted by molar-refractivity contribution is 0.591. The summed E-state index contributed by atoms with van der Waals surface area (Å²) < 4.78 is 10.6. The maximum atomic E-state index is 10.6. The van der Waals surface area contributed by atoms with Crippen molar-refractivity contribution in [3.8, 4) is 0 Å². The van der Waals surface area contributed by atoms with Crippen molar-refractivity contribution in [1.29, 1.82) is 0 Å². The summed E-state index contributed by atoms with van der Waals surface area (Å²) in [6.45, 7) is 2.38.